The van der Waals surface area contributed by atoms with Crippen LogP contribution < -0.4 is 4.18 Å². The van der Waals surface area contributed by atoms with Crippen molar-refractivity contribution in [3.05, 3.63) is 17.2 Å². The summed E-state index contributed by atoms with van der Waals surface area (Å²) >= 11 is 0. The molecule has 4 rings (SSSR count). The third-order valence-electron chi connectivity index (χ3n) is 7.92. The van der Waals surface area contributed by atoms with Gasteiger partial charge in [-0.05, 0) is 73.3 Å². The molecule has 0 saturated heterocycles. The zero-order valence-electron chi connectivity index (χ0n) is 17.6. The van der Waals surface area contributed by atoms with Gasteiger partial charge < -0.3 is 14.4 Å². The summed E-state index contributed by atoms with van der Waals surface area (Å²) in [5.74, 6) is 0.612. The van der Waals surface area contributed by atoms with Crippen molar-refractivity contribution in [1.29, 1.82) is 0 Å². The smallest absolute Gasteiger partial charge is 0.385 e. The summed E-state index contributed by atoms with van der Waals surface area (Å²) < 4.78 is 31.4. The topological polar surface area (TPSA) is 87.1 Å². The average Bonchev–Trinajstić information content (AvgIpc) is 3.07. The third kappa shape index (κ3) is 3.30. The highest BCUT2D eigenvalue weighted by Crippen LogP contribution is 2.62. The minimum absolute atomic E-state index is 0.173. The molecule has 3 unspecified atom stereocenters. The van der Waals surface area contributed by atoms with Gasteiger partial charge in [-0.15, -0.1) is 0 Å². The van der Waals surface area contributed by atoms with Gasteiger partial charge in [0.2, 0.25) is 5.75 Å². The van der Waals surface area contributed by atoms with Gasteiger partial charge in [0.15, 0.2) is 11.5 Å². The Labute approximate surface area is 174 Å². The normalized spacial score (nSPS) is 31.2. The summed E-state index contributed by atoms with van der Waals surface area (Å²) in [6, 6.07) is 1.63. The lowest BCUT2D eigenvalue weighted by atomic mass is 9.56. The molecule has 1 aromatic carbocycles. The van der Waals surface area contributed by atoms with Crippen LogP contribution in [-0.4, -0.2) is 36.0 Å². The molecule has 0 bridgehead atoms. The highest BCUT2D eigenvalue weighted by Gasteiger charge is 2.51. The second-order valence-corrected chi connectivity index (χ2v) is 10.8. The number of hydrogen-bond acceptors (Lipinski definition) is 5. The Hall–Kier alpha value is -1.47. The number of phenolic OH excluding ortho intramolecular Hbond substituents is 2. The predicted octanol–water partition coefficient (Wildman–Crippen LogP) is 4.31. The van der Waals surface area contributed by atoms with E-state index in [0.29, 0.717) is 17.3 Å². The molecule has 6 nitrogen and oxygen atoms in total. The van der Waals surface area contributed by atoms with Crippen LogP contribution in [0.1, 0.15) is 76.3 Å². The Kier molecular flexibility index (Phi) is 5.26. The zero-order chi connectivity index (χ0) is 21.0. The van der Waals surface area contributed by atoms with Crippen LogP contribution in [0.25, 0.3) is 0 Å². The van der Waals surface area contributed by atoms with Crippen molar-refractivity contribution in [2.45, 2.75) is 71.6 Å². The van der Waals surface area contributed by atoms with Gasteiger partial charge in [0.05, 0.1) is 0 Å². The van der Waals surface area contributed by atoms with Gasteiger partial charge in [-0.1, -0.05) is 27.2 Å². The van der Waals surface area contributed by atoms with Crippen LogP contribution in [0.2, 0.25) is 0 Å². The number of phenols is 2. The zero-order valence-corrected chi connectivity index (χ0v) is 18.5. The molecule has 0 spiro atoms. The van der Waals surface area contributed by atoms with E-state index in [1.165, 1.54) is 23.6 Å². The van der Waals surface area contributed by atoms with E-state index in [-0.39, 0.29) is 30.5 Å². The van der Waals surface area contributed by atoms with E-state index < -0.39 is 16.1 Å². The number of rotatable bonds is 5. The molecule has 3 aliphatic rings. The van der Waals surface area contributed by atoms with E-state index in [1.807, 2.05) is 0 Å². The van der Waals surface area contributed by atoms with Crippen molar-refractivity contribution in [2.75, 3.05) is 13.1 Å². The Morgan fingerprint density at radius 3 is 2.55 bits per heavy atom. The molecule has 2 N–H and O–H groups in total. The number of hydrogen-bond donors (Lipinski definition) is 2. The van der Waals surface area contributed by atoms with E-state index in [2.05, 4.69) is 6.92 Å². The molecule has 0 heterocycles. The summed E-state index contributed by atoms with van der Waals surface area (Å²) in [5.41, 5.74) is 2.14. The maximum Gasteiger partial charge on any atom is 0.385 e. The Morgan fingerprint density at radius 2 is 1.86 bits per heavy atom. The van der Waals surface area contributed by atoms with Crippen LogP contribution >= 0.6 is 0 Å². The molecule has 162 valence electrons. The van der Waals surface area contributed by atoms with Crippen molar-refractivity contribution in [2.24, 2.45) is 17.3 Å². The van der Waals surface area contributed by atoms with Gasteiger partial charge in [-0.3, -0.25) is 0 Å². The molecule has 4 atom stereocenters. The van der Waals surface area contributed by atoms with E-state index in [4.69, 9.17) is 4.18 Å². The van der Waals surface area contributed by atoms with Crippen LogP contribution in [-0.2, 0) is 16.7 Å². The van der Waals surface area contributed by atoms with Crippen LogP contribution in [0, 0.1) is 17.3 Å². The van der Waals surface area contributed by atoms with Gasteiger partial charge >= 0.3 is 10.3 Å². The van der Waals surface area contributed by atoms with Crippen LogP contribution in [0.15, 0.2) is 6.07 Å². The number of aromatic hydroxyl groups is 2. The molecular weight excluding hydrogens is 390 g/mol. The van der Waals surface area contributed by atoms with Gasteiger partial charge in [-0.2, -0.15) is 12.7 Å². The Balaban J connectivity index is 1.68. The molecule has 29 heavy (non-hydrogen) atoms. The summed E-state index contributed by atoms with van der Waals surface area (Å²) in [4.78, 5) is 0. The molecular formula is C22H33NO5S. The maximum absolute atomic E-state index is 12.5. The number of benzene rings is 1. The minimum atomic E-state index is -4.02. The van der Waals surface area contributed by atoms with Crippen molar-refractivity contribution in [3.63, 3.8) is 0 Å². The van der Waals surface area contributed by atoms with Crippen molar-refractivity contribution >= 4 is 10.3 Å². The van der Waals surface area contributed by atoms with Gasteiger partial charge in [0, 0.05) is 18.7 Å². The van der Waals surface area contributed by atoms with Crippen LogP contribution in [0.4, 0.5) is 0 Å². The first-order valence-corrected chi connectivity index (χ1v) is 12.4. The van der Waals surface area contributed by atoms with Gasteiger partial charge in [0.25, 0.3) is 0 Å². The first kappa shape index (κ1) is 20.8. The number of fused-ring (bicyclic) bond motifs is 5. The second-order valence-electron chi connectivity index (χ2n) is 9.27. The summed E-state index contributed by atoms with van der Waals surface area (Å²) in [7, 11) is -4.02. The highest BCUT2D eigenvalue weighted by atomic mass is 32.2. The fourth-order valence-corrected chi connectivity index (χ4v) is 7.55. The van der Waals surface area contributed by atoms with E-state index >= 15 is 0 Å². The lowest BCUT2D eigenvalue weighted by molar-refractivity contribution is 0.0587. The van der Waals surface area contributed by atoms with Crippen molar-refractivity contribution in [1.82, 2.24) is 4.31 Å². The lowest BCUT2D eigenvalue weighted by Gasteiger charge is -2.49. The largest absolute Gasteiger partial charge is 0.504 e. The second kappa shape index (κ2) is 7.34. The van der Waals surface area contributed by atoms with E-state index in [1.54, 1.807) is 19.9 Å². The minimum Gasteiger partial charge on any atom is -0.504 e. The van der Waals surface area contributed by atoms with Gasteiger partial charge in [-0.25, -0.2) is 0 Å². The molecule has 0 amide bonds. The molecule has 2 saturated carbocycles. The number of nitrogens with zero attached hydrogens (tertiary/aromatic N) is 1. The van der Waals surface area contributed by atoms with Crippen LogP contribution in [0.3, 0.4) is 0 Å². The summed E-state index contributed by atoms with van der Waals surface area (Å²) in [5, 5.41) is 21.5. The molecule has 7 heteroatoms. The van der Waals surface area contributed by atoms with Crippen molar-refractivity contribution < 1.29 is 22.8 Å². The highest BCUT2D eigenvalue weighted by molar-refractivity contribution is 7.84. The molecule has 0 aromatic heterocycles. The molecule has 0 aliphatic heterocycles. The average molecular weight is 424 g/mol. The van der Waals surface area contributed by atoms with Gasteiger partial charge in [0.1, 0.15) is 0 Å². The first-order chi connectivity index (χ1) is 13.7. The fourth-order valence-electron chi connectivity index (χ4n) is 6.45. The quantitative estimate of drug-likeness (QED) is 0.689. The standard InChI is InChI=1S/C22H33NO5S/c1-4-23(5-2)29(26,27)28-18-13-14-8-9-15-16(19(14)21(25)20(18)24)10-12-22(3)11-6-7-17(15)22/h13,15-17,24-25H,4-12H2,1-3H3/t15?,16?,17?,22-/m0/s1. The van der Waals surface area contributed by atoms with E-state index in [0.717, 1.165) is 36.8 Å². The third-order valence-corrected chi connectivity index (χ3v) is 9.46. The maximum atomic E-state index is 12.5. The monoisotopic (exact) mass is 423 g/mol. The summed E-state index contributed by atoms with van der Waals surface area (Å²) in [6.45, 7) is 6.44. The van der Waals surface area contributed by atoms with Crippen LogP contribution in [0.5, 0.6) is 17.2 Å². The Morgan fingerprint density at radius 1 is 1.14 bits per heavy atom. The SMILES string of the molecule is CCN(CC)S(=O)(=O)Oc1cc2c(c(O)c1O)C1CC[C@]3(C)CCCC3C1CC2. The van der Waals surface area contributed by atoms with Crippen molar-refractivity contribution in [3.8, 4) is 17.2 Å². The first-order valence-electron chi connectivity index (χ1n) is 11.0. The molecule has 1 aromatic rings. The molecule has 0 radical (unpaired) electrons. The summed E-state index contributed by atoms with van der Waals surface area (Å²) in [6.07, 6.45) is 7.81. The Bertz CT molecular complexity index is 895. The predicted molar refractivity (Wildman–Crippen MR) is 111 cm³/mol. The molecule has 2 fully saturated rings. The fraction of sp³-hybridized carbons (Fsp3) is 0.727. The lowest BCUT2D eigenvalue weighted by Crippen LogP contribution is -2.39. The van der Waals surface area contributed by atoms with E-state index in [9.17, 15) is 18.6 Å². The molecule has 3 aliphatic carbocycles. The number of aryl methyl sites for hydroxylation is 1.